The van der Waals surface area contributed by atoms with Gasteiger partial charge in [0.2, 0.25) is 5.91 Å². The molecule has 1 atom stereocenters. The summed E-state index contributed by atoms with van der Waals surface area (Å²) in [4.78, 5) is 13.4. The number of ether oxygens (including phenoxy) is 1. The van der Waals surface area contributed by atoms with Crippen LogP contribution in [0.2, 0.25) is 0 Å². The lowest BCUT2D eigenvalue weighted by Crippen LogP contribution is -2.22. The lowest BCUT2D eigenvalue weighted by molar-refractivity contribution is -0.115. The van der Waals surface area contributed by atoms with Crippen LogP contribution in [0.3, 0.4) is 0 Å². The Bertz CT molecular complexity index is 625. The zero-order valence-corrected chi connectivity index (χ0v) is 13.9. The third kappa shape index (κ3) is 4.53. The lowest BCUT2D eigenvalue weighted by atomic mass is 10.2. The normalized spacial score (nSPS) is 11.8. The molecule has 1 unspecified atom stereocenters. The summed E-state index contributed by atoms with van der Waals surface area (Å²) in [5.74, 6) is 0.670. The van der Waals surface area contributed by atoms with Gasteiger partial charge in [0.05, 0.1) is 17.5 Å². The first-order valence-corrected chi connectivity index (χ1v) is 8.24. The third-order valence-electron chi connectivity index (χ3n) is 3.15. The van der Waals surface area contributed by atoms with Gasteiger partial charge in [-0.25, -0.2) is 0 Å². The van der Waals surface area contributed by atoms with E-state index in [9.17, 15) is 4.79 Å². The molecule has 0 bridgehead atoms. The summed E-state index contributed by atoms with van der Waals surface area (Å²) in [6.45, 7) is 6.45. The molecule has 116 valence electrons. The molecule has 0 aliphatic carbocycles. The van der Waals surface area contributed by atoms with E-state index in [1.165, 1.54) is 5.56 Å². The maximum absolute atomic E-state index is 12.4. The average Bonchev–Trinajstić information content (AvgIpc) is 2.51. The van der Waals surface area contributed by atoms with Crippen LogP contribution in [-0.2, 0) is 4.79 Å². The molecule has 2 aromatic carbocycles. The third-order valence-corrected chi connectivity index (χ3v) is 4.26. The van der Waals surface area contributed by atoms with Crippen LogP contribution < -0.4 is 10.1 Å². The number of amides is 1. The number of nitrogens with one attached hydrogen (secondary N) is 1. The molecule has 22 heavy (non-hydrogen) atoms. The SMILES string of the molecule is CCOc1ccccc1NC(=O)C(C)Sc1ccc(C)cc1. The molecule has 0 saturated heterocycles. The van der Waals surface area contributed by atoms with Gasteiger partial charge in [0, 0.05) is 4.90 Å². The summed E-state index contributed by atoms with van der Waals surface area (Å²) >= 11 is 1.55. The van der Waals surface area contributed by atoms with Gasteiger partial charge in [-0.1, -0.05) is 29.8 Å². The van der Waals surface area contributed by atoms with E-state index in [0.29, 0.717) is 18.0 Å². The first kappa shape index (κ1) is 16.4. The zero-order valence-electron chi connectivity index (χ0n) is 13.1. The Morgan fingerprint density at radius 3 is 2.55 bits per heavy atom. The van der Waals surface area contributed by atoms with Crippen LogP contribution in [0.25, 0.3) is 0 Å². The van der Waals surface area contributed by atoms with E-state index in [0.717, 1.165) is 4.90 Å². The monoisotopic (exact) mass is 315 g/mol. The van der Waals surface area contributed by atoms with Crippen molar-refractivity contribution in [2.75, 3.05) is 11.9 Å². The molecule has 1 N–H and O–H groups in total. The highest BCUT2D eigenvalue weighted by molar-refractivity contribution is 8.00. The predicted molar refractivity (Wildman–Crippen MR) is 92.7 cm³/mol. The molecule has 0 spiro atoms. The number of hydrogen-bond donors (Lipinski definition) is 1. The van der Waals surface area contributed by atoms with Crippen molar-refractivity contribution in [3.63, 3.8) is 0 Å². The molecule has 0 aliphatic rings. The smallest absolute Gasteiger partial charge is 0.237 e. The fourth-order valence-corrected chi connectivity index (χ4v) is 2.83. The fraction of sp³-hybridized carbons (Fsp3) is 0.278. The van der Waals surface area contributed by atoms with Gasteiger partial charge in [-0.2, -0.15) is 0 Å². The van der Waals surface area contributed by atoms with Gasteiger partial charge in [0.25, 0.3) is 0 Å². The molecule has 2 aromatic rings. The van der Waals surface area contributed by atoms with E-state index in [1.54, 1.807) is 11.8 Å². The van der Waals surface area contributed by atoms with Gasteiger partial charge in [-0.05, 0) is 45.0 Å². The lowest BCUT2D eigenvalue weighted by Gasteiger charge is -2.15. The van der Waals surface area contributed by atoms with Crippen LogP contribution in [0.15, 0.2) is 53.4 Å². The number of thioether (sulfide) groups is 1. The number of benzene rings is 2. The Kier molecular flexibility index (Phi) is 5.90. The molecular weight excluding hydrogens is 294 g/mol. The fourth-order valence-electron chi connectivity index (χ4n) is 1.96. The highest BCUT2D eigenvalue weighted by Gasteiger charge is 2.16. The van der Waals surface area contributed by atoms with Crippen LogP contribution in [0.4, 0.5) is 5.69 Å². The zero-order chi connectivity index (χ0) is 15.9. The number of rotatable bonds is 6. The van der Waals surface area contributed by atoms with Crippen molar-refractivity contribution < 1.29 is 9.53 Å². The Balaban J connectivity index is 2.01. The van der Waals surface area contributed by atoms with Gasteiger partial charge in [-0.15, -0.1) is 11.8 Å². The van der Waals surface area contributed by atoms with Crippen molar-refractivity contribution in [1.29, 1.82) is 0 Å². The second kappa shape index (κ2) is 7.90. The van der Waals surface area contributed by atoms with Crippen molar-refractivity contribution in [2.45, 2.75) is 30.9 Å². The van der Waals surface area contributed by atoms with Gasteiger partial charge < -0.3 is 10.1 Å². The molecule has 0 aliphatic heterocycles. The second-order valence-corrected chi connectivity index (χ2v) is 6.41. The summed E-state index contributed by atoms with van der Waals surface area (Å²) in [5.41, 5.74) is 1.93. The summed E-state index contributed by atoms with van der Waals surface area (Å²) in [5, 5.41) is 2.76. The average molecular weight is 315 g/mol. The molecule has 2 rings (SSSR count). The van der Waals surface area contributed by atoms with Crippen molar-refractivity contribution in [1.82, 2.24) is 0 Å². The molecule has 0 aromatic heterocycles. The van der Waals surface area contributed by atoms with Crippen LogP contribution in [0.5, 0.6) is 5.75 Å². The van der Waals surface area contributed by atoms with Crippen molar-refractivity contribution in [3.05, 3.63) is 54.1 Å². The van der Waals surface area contributed by atoms with Crippen molar-refractivity contribution in [2.24, 2.45) is 0 Å². The van der Waals surface area contributed by atoms with E-state index in [1.807, 2.05) is 50.2 Å². The van der Waals surface area contributed by atoms with Crippen LogP contribution in [-0.4, -0.2) is 17.8 Å². The summed E-state index contributed by atoms with van der Waals surface area (Å²) in [6.07, 6.45) is 0. The van der Waals surface area contributed by atoms with E-state index in [4.69, 9.17) is 4.74 Å². The number of hydrogen-bond acceptors (Lipinski definition) is 3. The maximum atomic E-state index is 12.4. The summed E-state index contributed by atoms with van der Waals surface area (Å²) in [6, 6.07) is 15.7. The highest BCUT2D eigenvalue weighted by atomic mass is 32.2. The minimum Gasteiger partial charge on any atom is -0.492 e. The second-order valence-electron chi connectivity index (χ2n) is 4.99. The van der Waals surface area contributed by atoms with Gasteiger partial charge in [0.1, 0.15) is 5.75 Å². The first-order chi connectivity index (χ1) is 10.6. The Labute approximate surface area is 136 Å². The Morgan fingerprint density at radius 2 is 1.86 bits per heavy atom. The number of carbonyl (C=O) groups excluding carboxylic acids is 1. The number of carbonyl (C=O) groups is 1. The van der Waals surface area contributed by atoms with Gasteiger partial charge in [-0.3, -0.25) is 4.79 Å². The maximum Gasteiger partial charge on any atom is 0.237 e. The number of anilines is 1. The summed E-state index contributed by atoms with van der Waals surface area (Å²) in [7, 11) is 0. The number of para-hydroxylation sites is 2. The van der Waals surface area contributed by atoms with Crippen LogP contribution in [0, 0.1) is 6.92 Å². The highest BCUT2D eigenvalue weighted by Crippen LogP contribution is 2.27. The molecule has 3 nitrogen and oxygen atoms in total. The van der Waals surface area contributed by atoms with E-state index in [-0.39, 0.29) is 11.2 Å². The Morgan fingerprint density at radius 1 is 1.18 bits per heavy atom. The topological polar surface area (TPSA) is 38.3 Å². The minimum absolute atomic E-state index is 0.0299. The molecule has 0 saturated carbocycles. The molecule has 1 amide bonds. The van der Waals surface area contributed by atoms with Gasteiger partial charge in [0.15, 0.2) is 0 Å². The first-order valence-electron chi connectivity index (χ1n) is 7.36. The quantitative estimate of drug-likeness (QED) is 0.797. The largest absolute Gasteiger partial charge is 0.492 e. The van der Waals surface area contributed by atoms with E-state index < -0.39 is 0 Å². The van der Waals surface area contributed by atoms with Crippen molar-refractivity contribution >= 4 is 23.4 Å². The molecule has 0 fully saturated rings. The van der Waals surface area contributed by atoms with E-state index in [2.05, 4.69) is 24.4 Å². The Hall–Kier alpha value is -1.94. The number of aryl methyl sites for hydroxylation is 1. The van der Waals surface area contributed by atoms with Crippen molar-refractivity contribution in [3.8, 4) is 5.75 Å². The minimum atomic E-state index is -0.183. The predicted octanol–water partition coefficient (Wildman–Crippen LogP) is 4.51. The van der Waals surface area contributed by atoms with Crippen LogP contribution in [0.1, 0.15) is 19.4 Å². The summed E-state index contributed by atoms with van der Waals surface area (Å²) < 4.78 is 5.53. The molecule has 4 heteroatoms. The van der Waals surface area contributed by atoms with E-state index >= 15 is 0 Å². The van der Waals surface area contributed by atoms with Gasteiger partial charge >= 0.3 is 0 Å². The molecule has 0 heterocycles. The standard InChI is InChI=1S/C18H21NO2S/c1-4-21-17-8-6-5-7-16(17)19-18(20)14(3)22-15-11-9-13(2)10-12-15/h5-12,14H,4H2,1-3H3,(H,19,20). The van der Waals surface area contributed by atoms with Crippen LogP contribution >= 0.6 is 11.8 Å². The molecule has 0 radical (unpaired) electrons. The molecular formula is C18H21NO2S.